The van der Waals surface area contributed by atoms with Crippen LogP contribution in [0.25, 0.3) is 0 Å². The second-order valence-electron chi connectivity index (χ2n) is 7.23. The lowest BCUT2D eigenvalue weighted by Crippen LogP contribution is -2.74. The van der Waals surface area contributed by atoms with E-state index in [1.54, 1.807) is 0 Å². The molecular formula is C18H8F17NO2. The smallest absolute Gasteiger partial charge is 0.460 e. The quantitative estimate of drug-likeness (QED) is 0.215. The van der Waals surface area contributed by atoms with E-state index in [0.29, 0.717) is 0 Å². The van der Waals surface area contributed by atoms with Crippen LogP contribution in [-0.4, -0.2) is 60.2 Å². The van der Waals surface area contributed by atoms with E-state index in [4.69, 9.17) is 5.26 Å². The number of hydrogen-bond donors (Lipinski definition) is 0. The molecule has 0 radical (unpaired) electrons. The first-order valence-electron chi connectivity index (χ1n) is 9.06. The van der Waals surface area contributed by atoms with Crippen molar-refractivity contribution in [1.29, 1.82) is 5.26 Å². The summed E-state index contributed by atoms with van der Waals surface area (Å²) in [5, 5.41) is 8.64. The maximum absolute atomic E-state index is 13.7. The van der Waals surface area contributed by atoms with Gasteiger partial charge in [0.2, 0.25) is 0 Å². The van der Waals surface area contributed by atoms with E-state index in [0.717, 1.165) is 24.3 Å². The molecule has 38 heavy (non-hydrogen) atoms. The number of nitriles is 1. The third kappa shape index (κ3) is 4.90. The molecule has 0 atom stereocenters. The fourth-order valence-corrected chi connectivity index (χ4v) is 2.42. The summed E-state index contributed by atoms with van der Waals surface area (Å²) in [6.07, 6.45) is -10.7. The van der Waals surface area contributed by atoms with Gasteiger partial charge in [-0.3, -0.25) is 0 Å². The molecule has 0 bridgehead atoms. The highest BCUT2D eigenvalue weighted by molar-refractivity contribution is 5.89. The summed E-state index contributed by atoms with van der Waals surface area (Å²) < 4.78 is 228. The Balaban J connectivity index is 3.30. The van der Waals surface area contributed by atoms with Crippen molar-refractivity contribution in [3.8, 4) is 6.07 Å². The van der Waals surface area contributed by atoms with Crippen LogP contribution in [0.2, 0.25) is 0 Å². The molecule has 216 valence electrons. The molecule has 0 aliphatic heterocycles. The lowest BCUT2D eigenvalue weighted by Gasteiger charge is -2.42. The van der Waals surface area contributed by atoms with E-state index in [1.165, 1.54) is 6.07 Å². The van der Waals surface area contributed by atoms with E-state index in [1.807, 2.05) is 0 Å². The monoisotopic (exact) mass is 593 g/mol. The summed E-state index contributed by atoms with van der Waals surface area (Å²) in [7, 11) is 0. The number of ether oxygens (including phenoxy) is 1. The van der Waals surface area contributed by atoms with Crippen molar-refractivity contribution in [3.63, 3.8) is 0 Å². The van der Waals surface area contributed by atoms with Crippen molar-refractivity contribution in [2.75, 3.05) is 6.61 Å². The summed E-state index contributed by atoms with van der Waals surface area (Å²) in [6.45, 7) is -2.07. The van der Waals surface area contributed by atoms with E-state index in [2.05, 4.69) is 4.74 Å². The van der Waals surface area contributed by atoms with Gasteiger partial charge in [-0.15, -0.1) is 0 Å². The molecule has 3 nitrogen and oxygen atoms in total. The molecule has 0 aromatic heterocycles. The van der Waals surface area contributed by atoms with Crippen LogP contribution >= 0.6 is 0 Å². The maximum Gasteiger partial charge on any atom is 0.460 e. The second kappa shape index (κ2) is 9.63. The van der Waals surface area contributed by atoms with Gasteiger partial charge in [0.15, 0.2) is 0 Å². The Morgan fingerprint density at radius 1 is 0.684 bits per heavy atom. The average molecular weight is 593 g/mol. The molecule has 0 unspecified atom stereocenters. The van der Waals surface area contributed by atoms with E-state index in [9.17, 15) is 79.4 Å². The summed E-state index contributed by atoms with van der Waals surface area (Å²) in [6, 6.07) is 5.19. The Morgan fingerprint density at radius 3 is 1.53 bits per heavy atom. The fourth-order valence-electron chi connectivity index (χ4n) is 2.42. The Labute approximate surface area is 198 Å². The standard InChI is InChI=1S/C18H8F17NO2/c19-11(20,4-5-38-10(37)9-3-1-2-8(6-9)7-36)12(21,22)13(23,24)14(25,26)15(27,28)16(29,30)17(31,32)18(33,34)35/h1-3,6H,4-5H2. The Hall–Kier alpha value is -3.01. The number of alkyl halides is 17. The SMILES string of the molecule is N#Cc1cccc(C(=O)OCCC(F)(F)C(F)(F)C(F)(F)C(F)(F)C(F)(F)C(F)(F)C(F)(F)C(F)(F)F)c1. The molecule has 1 aromatic rings. The zero-order valence-corrected chi connectivity index (χ0v) is 17.4. The molecule has 0 N–H and O–H groups in total. The highest BCUT2D eigenvalue weighted by Gasteiger charge is 2.95. The first-order valence-corrected chi connectivity index (χ1v) is 9.06. The van der Waals surface area contributed by atoms with Crippen molar-refractivity contribution in [2.24, 2.45) is 0 Å². The fraction of sp³-hybridized carbons (Fsp3) is 0.556. The molecular weight excluding hydrogens is 585 g/mol. The topological polar surface area (TPSA) is 50.1 Å². The van der Waals surface area contributed by atoms with E-state index < -0.39 is 72.2 Å². The summed E-state index contributed by atoms with van der Waals surface area (Å²) in [4.78, 5) is 11.6. The summed E-state index contributed by atoms with van der Waals surface area (Å²) in [5.41, 5.74) is -0.865. The third-order valence-corrected chi connectivity index (χ3v) is 4.66. The van der Waals surface area contributed by atoms with Crippen LogP contribution in [-0.2, 0) is 4.74 Å². The van der Waals surface area contributed by atoms with Crippen LogP contribution in [0.1, 0.15) is 22.3 Å². The minimum Gasteiger partial charge on any atom is -0.462 e. The van der Waals surface area contributed by atoms with Crippen LogP contribution in [0.5, 0.6) is 0 Å². The van der Waals surface area contributed by atoms with Gasteiger partial charge in [0.05, 0.1) is 30.2 Å². The van der Waals surface area contributed by atoms with Gasteiger partial charge in [-0.2, -0.15) is 79.9 Å². The molecule has 0 saturated heterocycles. The van der Waals surface area contributed by atoms with Crippen LogP contribution in [0.4, 0.5) is 74.6 Å². The van der Waals surface area contributed by atoms with Gasteiger partial charge in [-0.25, -0.2) is 4.79 Å². The molecule has 1 rings (SSSR count). The van der Waals surface area contributed by atoms with Gasteiger partial charge in [0, 0.05) is 0 Å². The van der Waals surface area contributed by atoms with E-state index in [-0.39, 0.29) is 5.56 Å². The Bertz CT molecular complexity index is 1070. The van der Waals surface area contributed by atoms with Gasteiger partial charge in [0.1, 0.15) is 0 Å². The van der Waals surface area contributed by atoms with Gasteiger partial charge < -0.3 is 4.74 Å². The third-order valence-electron chi connectivity index (χ3n) is 4.66. The molecule has 0 heterocycles. The Kier molecular flexibility index (Phi) is 8.36. The molecule has 0 amide bonds. The van der Waals surface area contributed by atoms with Crippen molar-refractivity contribution in [1.82, 2.24) is 0 Å². The van der Waals surface area contributed by atoms with Gasteiger partial charge in [-0.1, -0.05) is 6.07 Å². The molecule has 0 aliphatic carbocycles. The van der Waals surface area contributed by atoms with Gasteiger partial charge >= 0.3 is 53.6 Å². The van der Waals surface area contributed by atoms with Crippen LogP contribution < -0.4 is 0 Å². The lowest BCUT2D eigenvalue weighted by molar-refractivity contribution is -0.461. The summed E-state index contributed by atoms with van der Waals surface area (Å²) in [5.74, 6) is -58.8. The van der Waals surface area contributed by atoms with Gasteiger partial charge in [0.25, 0.3) is 0 Å². The highest BCUT2D eigenvalue weighted by Crippen LogP contribution is 2.64. The van der Waals surface area contributed by atoms with Crippen LogP contribution in [0.15, 0.2) is 24.3 Å². The van der Waals surface area contributed by atoms with Crippen molar-refractivity contribution >= 4 is 5.97 Å². The second-order valence-corrected chi connectivity index (χ2v) is 7.23. The first-order chi connectivity index (χ1) is 16.7. The number of halogens is 17. The zero-order valence-electron chi connectivity index (χ0n) is 17.4. The number of esters is 1. The first kappa shape index (κ1) is 33.0. The van der Waals surface area contributed by atoms with Crippen molar-refractivity contribution in [2.45, 2.75) is 54.1 Å². The average Bonchev–Trinajstić information content (AvgIpc) is 2.77. The van der Waals surface area contributed by atoms with Gasteiger partial charge in [-0.05, 0) is 18.2 Å². The predicted octanol–water partition coefficient (Wildman–Crippen LogP) is 7.11. The molecule has 0 saturated carbocycles. The highest BCUT2D eigenvalue weighted by atomic mass is 19.4. The van der Waals surface area contributed by atoms with E-state index >= 15 is 0 Å². The minimum atomic E-state index is -8.71. The number of hydrogen-bond acceptors (Lipinski definition) is 3. The Morgan fingerprint density at radius 2 is 1.11 bits per heavy atom. The molecule has 20 heteroatoms. The maximum atomic E-state index is 13.7. The number of carbonyl (C=O) groups is 1. The zero-order chi connectivity index (χ0) is 30.4. The molecule has 0 fully saturated rings. The van der Waals surface area contributed by atoms with Crippen LogP contribution in [0.3, 0.4) is 0 Å². The molecule has 0 spiro atoms. The number of rotatable bonds is 10. The number of carbonyl (C=O) groups excluding carboxylic acids is 1. The molecule has 0 aliphatic rings. The van der Waals surface area contributed by atoms with Crippen molar-refractivity contribution in [3.05, 3.63) is 35.4 Å². The van der Waals surface area contributed by atoms with Crippen LogP contribution in [0, 0.1) is 11.3 Å². The number of benzene rings is 1. The minimum absolute atomic E-state index is 0.244. The predicted molar refractivity (Wildman–Crippen MR) is 86.7 cm³/mol. The normalized spacial score (nSPS) is 14.7. The summed E-state index contributed by atoms with van der Waals surface area (Å²) >= 11 is 0. The number of nitrogens with zero attached hydrogens (tertiary/aromatic N) is 1. The van der Waals surface area contributed by atoms with Crippen molar-refractivity contribution < 1.29 is 84.2 Å². The lowest BCUT2D eigenvalue weighted by atomic mass is 9.88. The molecule has 1 aromatic carbocycles. The largest absolute Gasteiger partial charge is 0.462 e.